The number of hydrogen-bond acceptors (Lipinski definition) is 8. The second kappa shape index (κ2) is 13.1. The van der Waals surface area contributed by atoms with E-state index in [2.05, 4.69) is 15.2 Å². The zero-order valence-corrected chi connectivity index (χ0v) is 24.5. The van der Waals surface area contributed by atoms with Gasteiger partial charge < -0.3 is 8.92 Å². The van der Waals surface area contributed by atoms with E-state index in [1.807, 2.05) is 13.8 Å². The van der Waals surface area contributed by atoms with E-state index in [1.165, 1.54) is 48.7 Å². The predicted molar refractivity (Wildman–Crippen MR) is 152 cm³/mol. The molecule has 0 saturated carbocycles. The van der Waals surface area contributed by atoms with Gasteiger partial charge in [-0.1, -0.05) is 49.2 Å². The molecule has 0 bridgehead atoms. The number of aryl methyl sites for hydroxylation is 2. The first-order valence-electron chi connectivity index (χ1n) is 12.5. The number of carbonyl (C=O) groups excluding carboxylic acids is 1. The van der Waals surface area contributed by atoms with Crippen LogP contribution in [0.1, 0.15) is 37.5 Å². The second-order valence-electron chi connectivity index (χ2n) is 9.38. The van der Waals surface area contributed by atoms with Gasteiger partial charge in [-0.2, -0.15) is 18.2 Å². The van der Waals surface area contributed by atoms with Gasteiger partial charge in [0.15, 0.2) is 11.5 Å². The van der Waals surface area contributed by atoms with Gasteiger partial charge in [0, 0.05) is 0 Å². The van der Waals surface area contributed by atoms with Crippen LogP contribution in [0.15, 0.2) is 81.6 Å². The van der Waals surface area contributed by atoms with Crippen molar-refractivity contribution in [1.29, 1.82) is 0 Å². The number of hydrazone groups is 1. The molecule has 3 rings (SSSR count). The van der Waals surface area contributed by atoms with E-state index in [0.29, 0.717) is 5.56 Å². The van der Waals surface area contributed by atoms with Gasteiger partial charge >= 0.3 is 10.1 Å². The van der Waals surface area contributed by atoms with Gasteiger partial charge in [-0.3, -0.25) is 4.79 Å². The maximum Gasteiger partial charge on any atom is 0.339 e. The van der Waals surface area contributed by atoms with Gasteiger partial charge in [0.25, 0.3) is 5.91 Å². The van der Waals surface area contributed by atoms with Crippen LogP contribution in [0.5, 0.6) is 11.5 Å². The standard InChI is InChI=1S/C28H33N3O7S2/c1-6-37-26-17-22(11-16-25(26)38-40(35,36)24-14-9-21(5)10-15-24)18-29-30-28(32)27(19(2)3)31-39(33,34)23-12-7-20(4)8-13-23/h7-19,27,31H,6H2,1-5H3,(H,30,32)/b29-18-/t27-/m1/s1. The minimum atomic E-state index is -4.09. The van der Waals surface area contributed by atoms with Gasteiger partial charge in [-0.25, -0.2) is 13.8 Å². The predicted octanol–water partition coefficient (Wildman–Crippen LogP) is 3.92. The van der Waals surface area contributed by atoms with Crippen molar-refractivity contribution in [2.75, 3.05) is 6.61 Å². The lowest BCUT2D eigenvalue weighted by molar-refractivity contribution is -0.123. The molecule has 0 fully saturated rings. The van der Waals surface area contributed by atoms with Crippen molar-refractivity contribution in [1.82, 2.24) is 10.1 Å². The monoisotopic (exact) mass is 587 g/mol. The molecule has 0 aliphatic rings. The molecule has 0 aliphatic heterocycles. The first-order valence-corrected chi connectivity index (χ1v) is 15.4. The minimum absolute atomic E-state index is 0.00556. The van der Waals surface area contributed by atoms with Gasteiger partial charge in [-0.05, 0) is 74.7 Å². The molecule has 0 heterocycles. The number of amides is 1. The van der Waals surface area contributed by atoms with Crippen molar-refractivity contribution in [3.63, 3.8) is 0 Å². The topological polar surface area (TPSA) is 140 Å². The van der Waals surface area contributed by atoms with Crippen LogP contribution in [0, 0.1) is 19.8 Å². The summed E-state index contributed by atoms with van der Waals surface area (Å²) in [5, 5.41) is 3.95. The molecular formula is C28H33N3O7S2. The molecule has 3 aromatic carbocycles. The van der Waals surface area contributed by atoms with Crippen molar-refractivity contribution in [3.05, 3.63) is 83.4 Å². The van der Waals surface area contributed by atoms with E-state index in [0.717, 1.165) is 11.1 Å². The first kappa shape index (κ1) is 30.8. The Hall–Kier alpha value is -3.74. The summed E-state index contributed by atoms with van der Waals surface area (Å²) in [5.74, 6) is -0.851. The van der Waals surface area contributed by atoms with E-state index in [-0.39, 0.29) is 33.8 Å². The average molecular weight is 588 g/mol. The maximum atomic E-state index is 12.8. The lowest BCUT2D eigenvalue weighted by atomic mass is 10.1. The summed E-state index contributed by atoms with van der Waals surface area (Å²) < 4.78 is 64.4. The van der Waals surface area contributed by atoms with Gasteiger partial charge in [0.05, 0.1) is 17.7 Å². The van der Waals surface area contributed by atoms with Gasteiger partial charge in [0.2, 0.25) is 10.0 Å². The molecule has 1 atom stereocenters. The fourth-order valence-electron chi connectivity index (χ4n) is 3.50. The summed E-state index contributed by atoms with van der Waals surface area (Å²) in [5.41, 5.74) is 4.66. The number of benzene rings is 3. The molecule has 0 aliphatic carbocycles. The van der Waals surface area contributed by atoms with E-state index in [9.17, 15) is 21.6 Å². The number of carbonyl (C=O) groups is 1. The van der Waals surface area contributed by atoms with Crippen LogP contribution in [0.25, 0.3) is 0 Å². The van der Waals surface area contributed by atoms with Crippen molar-refractivity contribution in [2.24, 2.45) is 11.0 Å². The Morgan fingerprint density at radius 1 is 0.875 bits per heavy atom. The van der Waals surface area contributed by atoms with Crippen molar-refractivity contribution in [3.8, 4) is 11.5 Å². The normalized spacial score (nSPS) is 12.8. The van der Waals surface area contributed by atoms with Crippen LogP contribution in [0.2, 0.25) is 0 Å². The summed E-state index contributed by atoms with van der Waals surface area (Å²) in [6.45, 7) is 9.10. The van der Waals surface area contributed by atoms with Gasteiger partial charge in [0.1, 0.15) is 10.9 Å². The Bertz CT molecular complexity index is 1570. The highest BCUT2D eigenvalue weighted by atomic mass is 32.2. The number of nitrogens with zero attached hydrogens (tertiary/aromatic N) is 1. The molecule has 2 N–H and O–H groups in total. The summed E-state index contributed by atoms with van der Waals surface area (Å²) in [4.78, 5) is 12.9. The van der Waals surface area contributed by atoms with Crippen LogP contribution < -0.4 is 19.1 Å². The molecule has 0 saturated heterocycles. The number of rotatable bonds is 12. The third-order valence-electron chi connectivity index (χ3n) is 5.73. The van der Waals surface area contributed by atoms with E-state index < -0.39 is 32.1 Å². The van der Waals surface area contributed by atoms with Crippen LogP contribution in [-0.4, -0.2) is 41.6 Å². The fourth-order valence-corrected chi connectivity index (χ4v) is 5.78. The van der Waals surface area contributed by atoms with Crippen LogP contribution in [0.3, 0.4) is 0 Å². The Labute approximate surface area is 235 Å². The number of nitrogens with one attached hydrogen (secondary N) is 2. The summed E-state index contributed by atoms with van der Waals surface area (Å²) in [7, 11) is -8.03. The molecule has 214 valence electrons. The third kappa shape index (κ3) is 8.13. The molecular weight excluding hydrogens is 554 g/mol. The number of sulfonamides is 1. The Balaban J connectivity index is 1.73. The zero-order valence-electron chi connectivity index (χ0n) is 22.9. The highest BCUT2D eigenvalue weighted by molar-refractivity contribution is 7.89. The quantitative estimate of drug-likeness (QED) is 0.186. The number of ether oxygens (including phenoxy) is 1. The Morgan fingerprint density at radius 2 is 1.45 bits per heavy atom. The summed E-state index contributed by atoms with van der Waals surface area (Å²) in [6.07, 6.45) is 1.32. The van der Waals surface area contributed by atoms with Crippen LogP contribution in [0.4, 0.5) is 0 Å². The second-order valence-corrected chi connectivity index (χ2v) is 12.6. The SMILES string of the molecule is CCOc1cc(/C=N\NC(=O)[C@H](NS(=O)(=O)c2ccc(C)cc2)C(C)C)ccc1OS(=O)(=O)c1ccc(C)cc1. The smallest absolute Gasteiger partial charge is 0.339 e. The molecule has 0 radical (unpaired) electrons. The minimum Gasteiger partial charge on any atom is -0.490 e. The molecule has 0 aromatic heterocycles. The molecule has 40 heavy (non-hydrogen) atoms. The highest BCUT2D eigenvalue weighted by Gasteiger charge is 2.28. The molecule has 3 aromatic rings. The van der Waals surface area contributed by atoms with E-state index >= 15 is 0 Å². The van der Waals surface area contributed by atoms with Crippen LogP contribution >= 0.6 is 0 Å². The molecule has 0 spiro atoms. The van der Waals surface area contributed by atoms with Gasteiger partial charge in [-0.15, -0.1) is 0 Å². The first-order chi connectivity index (χ1) is 18.8. The summed E-state index contributed by atoms with van der Waals surface area (Å²) in [6, 6.07) is 16.0. The largest absolute Gasteiger partial charge is 0.490 e. The highest BCUT2D eigenvalue weighted by Crippen LogP contribution is 2.31. The van der Waals surface area contributed by atoms with Crippen molar-refractivity contribution < 1.29 is 30.6 Å². The lowest BCUT2D eigenvalue weighted by Crippen LogP contribution is -2.48. The molecule has 0 unspecified atom stereocenters. The average Bonchev–Trinajstić information content (AvgIpc) is 2.89. The maximum absolute atomic E-state index is 12.8. The molecule has 12 heteroatoms. The van der Waals surface area contributed by atoms with Crippen molar-refractivity contribution in [2.45, 2.75) is 50.5 Å². The molecule has 1 amide bonds. The van der Waals surface area contributed by atoms with E-state index in [1.54, 1.807) is 45.0 Å². The lowest BCUT2D eigenvalue weighted by Gasteiger charge is -2.20. The Kier molecular flexibility index (Phi) is 10.1. The fraction of sp³-hybridized carbons (Fsp3) is 0.286. The van der Waals surface area contributed by atoms with Crippen LogP contribution in [-0.2, 0) is 24.9 Å². The number of hydrogen-bond donors (Lipinski definition) is 2. The van der Waals surface area contributed by atoms with Crippen molar-refractivity contribution >= 4 is 32.3 Å². The Morgan fingerprint density at radius 3 is 2.00 bits per heavy atom. The van der Waals surface area contributed by atoms with E-state index in [4.69, 9.17) is 8.92 Å². The summed E-state index contributed by atoms with van der Waals surface area (Å²) >= 11 is 0. The third-order valence-corrected chi connectivity index (χ3v) is 8.43. The zero-order chi connectivity index (χ0) is 29.5. The molecule has 10 nitrogen and oxygen atoms in total.